The lowest BCUT2D eigenvalue weighted by molar-refractivity contribution is -0.172. The number of esters is 1. The number of rotatable bonds is 5. The van der Waals surface area contributed by atoms with Gasteiger partial charge in [0.2, 0.25) is 0 Å². The molecule has 5 heterocycles. The van der Waals surface area contributed by atoms with Gasteiger partial charge in [0, 0.05) is 29.2 Å². The first kappa shape index (κ1) is 30.0. The van der Waals surface area contributed by atoms with E-state index in [1.165, 1.54) is 6.07 Å². The van der Waals surface area contributed by atoms with Gasteiger partial charge in [-0.05, 0) is 55.4 Å². The molecule has 1 saturated heterocycles. The van der Waals surface area contributed by atoms with Gasteiger partial charge >= 0.3 is 12.1 Å². The van der Waals surface area contributed by atoms with Crippen molar-refractivity contribution in [2.45, 2.75) is 75.7 Å². The lowest BCUT2D eigenvalue weighted by atomic mass is 9.81. The molecule has 0 radical (unpaired) electrons. The summed E-state index contributed by atoms with van der Waals surface area (Å²) in [5.74, 6) is -1.18. The highest BCUT2D eigenvalue weighted by Gasteiger charge is 2.46. The minimum Gasteiger partial charge on any atom is -0.458 e. The van der Waals surface area contributed by atoms with Gasteiger partial charge in [-0.3, -0.25) is 4.79 Å². The number of aromatic nitrogens is 2. The molecule has 3 aliphatic heterocycles. The third kappa shape index (κ3) is 4.57. The van der Waals surface area contributed by atoms with Crippen molar-refractivity contribution in [2.75, 3.05) is 13.2 Å². The van der Waals surface area contributed by atoms with Crippen LogP contribution in [0.25, 0.3) is 22.3 Å². The number of cyclic esters (lactones) is 1. The second kappa shape index (κ2) is 11.3. The van der Waals surface area contributed by atoms with E-state index in [4.69, 9.17) is 19.2 Å². The summed E-state index contributed by atoms with van der Waals surface area (Å²) in [6.45, 7) is 4.24. The highest BCUT2D eigenvalue weighted by atomic mass is 33.3. The van der Waals surface area contributed by atoms with Crippen LogP contribution in [0.2, 0.25) is 0 Å². The monoisotopic (exact) mass is 659 g/mol. The molecule has 0 spiro atoms. The number of alkyl carbamates (subject to hydrolysis) is 1. The van der Waals surface area contributed by atoms with E-state index >= 15 is 4.39 Å². The summed E-state index contributed by atoms with van der Waals surface area (Å²) in [7, 11) is 5.78. The van der Waals surface area contributed by atoms with Crippen molar-refractivity contribution >= 4 is 52.6 Å². The first-order valence-electron chi connectivity index (χ1n) is 14.5. The Hall–Kier alpha value is -2.70. The Bertz CT molecular complexity index is 1800. The van der Waals surface area contributed by atoms with Crippen molar-refractivity contribution in [1.29, 1.82) is 0 Å². The number of aliphatic hydroxyl groups is 1. The predicted octanol–water partition coefficient (Wildman–Crippen LogP) is 4.57. The third-order valence-corrected chi connectivity index (χ3v) is 12.3. The van der Waals surface area contributed by atoms with Crippen molar-refractivity contribution in [2.24, 2.45) is 0 Å². The van der Waals surface area contributed by atoms with E-state index in [0.29, 0.717) is 48.5 Å². The van der Waals surface area contributed by atoms with E-state index in [-0.39, 0.29) is 47.3 Å². The smallest absolute Gasteiger partial charge is 0.408 e. The highest BCUT2D eigenvalue weighted by Crippen LogP contribution is 2.46. The Morgan fingerprint density at radius 3 is 2.89 bits per heavy atom. The van der Waals surface area contributed by atoms with Crippen LogP contribution in [0.15, 0.2) is 16.9 Å². The number of halogens is 1. The first-order chi connectivity index (χ1) is 21.2. The van der Waals surface area contributed by atoms with E-state index in [0.717, 1.165) is 28.5 Å². The average Bonchev–Trinajstić information content (AvgIpc) is 3.38. The van der Waals surface area contributed by atoms with Crippen molar-refractivity contribution in [3.8, 4) is 11.4 Å². The minimum atomic E-state index is -1.96. The molecule has 2 aromatic heterocycles. The molecular weight excluding hydrogens is 628 g/mol. The number of aryl methyl sites for hydroxylation is 1. The summed E-state index contributed by atoms with van der Waals surface area (Å²) in [5.41, 5.74) is 2.22. The number of nitrogens with one attached hydrogen (secondary N) is 1. The van der Waals surface area contributed by atoms with Crippen molar-refractivity contribution in [3.05, 3.63) is 61.7 Å². The maximum absolute atomic E-state index is 15.2. The summed E-state index contributed by atoms with van der Waals surface area (Å²) in [5, 5.41) is 15.2. The number of benzene rings is 1. The van der Waals surface area contributed by atoms with E-state index in [2.05, 4.69) is 13.8 Å². The van der Waals surface area contributed by atoms with Crippen LogP contribution in [-0.2, 0) is 44.2 Å². The average molecular weight is 660 g/mol. The minimum absolute atomic E-state index is 0.0219. The Kier molecular flexibility index (Phi) is 7.68. The van der Waals surface area contributed by atoms with Crippen LogP contribution in [0.1, 0.15) is 65.6 Å². The van der Waals surface area contributed by atoms with Crippen LogP contribution in [0.5, 0.6) is 0 Å². The molecule has 1 aliphatic carbocycles. The number of ether oxygens (including phenoxy) is 3. The lowest BCUT2D eigenvalue weighted by Crippen LogP contribution is -2.44. The zero-order valence-corrected chi connectivity index (χ0v) is 26.9. The third-order valence-electron chi connectivity index (χ3n) is 9.35. The van der Waals surface area contributed by atoms with Gasteiger partial charge in [-0.2, -0.15) is 0 Å². The van der Waals surface area contributed by atoms with Gasteiger partial charge in [0.05, 0.1) is 46.9 Å². The molecule has 1 fully saturated rings. The van der Waals surface area contributed by atoms with Gasteiger partial charge < -0.3 is 29.2 Å². The molecule has 4 aliphatic rings. The second-order valence-corrected chi connectivity index (χ2v) is 15.5. The summed E-state index contributed by atoms with van der Waals surface area (Å²) in [6.07, 6.45) is 0.834. The van der Waals surface area contributed by atoms with Crippen LogP contribution < -0.4 is 10.9 Å². The standard InChI is InChI=1S/C30H31FN3O7PS2/c1-3-30(38)17-8-21-26-15(10-34(21)27(35)16(17)11-40-28(30)36)25-19(5-4-14-13(2)18(31)9-20(32-26)24(14)25)33-29(37)41-22-12-39-7-6-23(22)43-44-42/h8-9,19,22-23,38H,3-7,10-12,42H2,1-2H3,(H,33,37)/t19-,22+,23+,30-/m0/s1. The molecule has 5 atom stereocenters. The Morgan fingerprint density at radius 2 is 2.11 bits per heavy atom. The molecule has 3 aromatic rings. The van der Waals surface area contributed by atoms with E-state index in [1.54, 1.807) is 45.7 Å². The van der Waals surface area contributed by atoms with Gasteiger partial charge in [-0.1, -0.05) is 36.6 Å². The molecular formula is C30H31FN3O7PS2. The van der Waals surface area contributed by atoms with Gasteiger partial charge in [-0.25, -0.2) is 19.0 Å². The molecule has 14 heteroatoms. The fourth-order valence-electron chi connectivity index (χ4n) is 7.00. The zero-order valence-electron chi connectivity index (χ0n) is 24.1. The Labute approximate surface area is 262 Å². The number of hydrogen-bond acceptors (Lipinski definition) is 10. The number of fused-ring (bicyclic) bond motifs is 5. The number of nitrogens with zero attached hydrogens (tertiary/aromatic N) is 2. The molecule has 7 rings (SSSR count). The Morgan fingerprint density at radius 1 is 1.30 bits per heavy atom. The number of hydrogen-bond donors (Lipinski definition) is 2. The van der Waals surface area contributed by atoms with Crippen LogP contribution in [-0.4, -0.2) is 51.3 Å². The SMILES string of the molecule is CC[C@@]1(O)C(=O)OCc2c1cc1n(c2=O)Cc2c-1nc1cc(F)c(C)c3c1c2[C@@H](NC(=O)O[C@@H]1COCC[C@H]1SSP)CC3. The number of carbonyl (C=O) groups is 2. The molecule has 1 unspecified atom stereocenters. The maximum Gasteiger partial charge on any atom is 0.408 e. The fraction of sp³-hybridized carbons (Fsp3) is 0.467. The normalized spacial score (nSPS) is 25.2. The van der Waals surface area contributed by atoms with E-state index < -0.39 is 29.8 Å². The molecule has 44 heavy (non-hydrogen) atoms. The molecule has 1 aromatic carbocycles. The largest absolute Gasteiger partial charge is 0.458 e. The zero-order chi connectivity index (χ0) is 30.9. The summed E-state index contributed by atoms with van der Waals surface area (Å²) >= 11 is 0. The first-order valence-corrected chi connectivity index (χ1v) is 18.2. The van der Waals surface area contributed by atoms with Gasteiger partial charge in [0.15, 0.2) is 5.60 Å². The predicted molar refractivity (Wildman–Crippen MR) is 168 cm³/mol. The van der Waals surface area contributed by atoms with Crippen molar-refractivity contribution in [3.63, 3.8) is 0 Å². The summed E-state index contributed by atoms with van der Waals surface area (Å²) < 4.78 is 33.4. The lowest BCUT2D eigenvalue weighted by Gasteiger charge is -2.32. The maximum atomic E-state index is 15.2. The molecule has 1 amide bonds. The summed E-state index contributed by atoms with van der Waals surface area (Å²) in [4.78, 5) is 44.6. The molecule has 0 bridgehead atoms. The molecule has 0 saturated carbocycles. The number of pyridine rings is 2. The van der Waals surface area contributed by atoms with Crippen molar-refractivity contribution < 1.29 is 33.3 Å². The highest BCUT2D eigenvalue weighted by molar-refractivity contribution is 8.94. The van der Waals surface area contributed by atoms with Gasteiger partial charge in [-0.15, -0.1) is 0 Å². The topological polar surface area (TPSA) is 129 Å². The van der Waals surface area contributed by atoms with E-state index in [1.807, 2.05) is 0 Å². The van der Waals surface area contributed by atoms with Crippen LogP contribution >= 0.6 is 29.6 Å². The van der Waals surface area contributed by atoms with Gasteiger partial charge in [0.25, 0.3) is 5.56 Å². The van der Waals surface area contributed by atoms with Crippen molar-refractivity contribution in [1.82, 2.24) is 14.9 Å². The molecule has 232 valence electrons. The Balaban J connectivity index is 1.34. The summed E-state index contributed by atoms with van der Waals surface area (Å²) in [6, 6.07) is 2.54. The number of amides is 1. The van der Waals surface area contributed by atoms with Crippen LogP contribution in [0.3, 0.4) is 0 Å². The van der Waals surface area contributed by atoms with Crippen LogP contribution in [0.4, 0.5) is 9.18 Å². The van der Waals surface area contributed by atoms with Crippen LogP contribution in [0, 0.1) is 12.7 Å². The molecule has 10 nitrogen and oxygen atoms in total. The number of carbonyl (C=O) groups excluding carboxylic acids is 2. The second-order valence-electron chi connectivity index (χ2n) is 11.6. The van der Waals surface area contributed by atoms with E-state index in [9.17, 15) is 19.5 Å². The quantitative estimate of drug-likeness (QED) is 0.179. The molecule has 2 N–H and O–H groups in total. The van der Waals surface area contributed by atoms with Gasteiger partial charge in [0.1, 0.15) is 18.5 Å². The fourth-order valence-corrected chi connectivity index (χ4v) is 9.96.